The molecule has 1 unspecified atom stereocenters. The first-order valence-electron chi connectivity index (χ1n) is 8.26. The average Bonchev–Trinajstić information content (AvgIpc) is 3.02. The summed E-state index contributed by atoms with van der Waals surface area (Å²) in [6.45, 7) is 4.83. The summed E-state index contributed by atoms with van der Waals surface area (Å²) in [5, 5.41) is 8.28. The van der Waals surface area contributed by atoms with E-state index in [4.69, 9.17) is 4.74 Å². The van der Waals surface area contributed by atoms with Gasteiger partial charge >= 0.3 is 12.2 Å². The third kappa shape index (κ3) is 5.49. The lowest BCUT2D eigenvalue weighted by molar-refractivity contribution is -0.141. The van der Waals surface area contributed by atoms with Gasteiger partial charge in [0.1, 0.15) is 5.84 Å². The Morgan fingerprint density at radius 2 is 2.04 bits per heavy atom. The fourth-order valence-electron chi connectivity index (χ4n) is 2.54. The molecule has 28 heavy (non-hydrogen) atoms. The van der Waals surface area contributed by atoms with E-state index in [1.165, 1.54) is 14.0 Å². The second-order valence-electron chi connectivity index (χ2n) is 5.90. The van der Waals surface area contributed by atoms with Gasteiger partial charge in [-0.2, -0.15) is 23.3 Å². The van der Waals surface area contributed by atoms with Crippen LogP contribution in [0.25, 0.3) is 0 Å². The molecule has 1 aromatic carbocycles. The largest absolute Gasteiger partial charge is 0.435 e. The third-order valence-corrected chi connectivity index (χ3v) is 3.96. The number of hydrogen-bond donors (Lipinski definition) is 2. The van der Waals surface area contributed by atoms with Crippen LogP contribution in [0.3, 0.4) is 0 Å². The molecule has 0 aliphatic carbocycles. The van der Waals surface area contributed by atoms with Gasteiger partial charge in [-0.3, -0.25) is 5.10 Å². The van der Waals surface area contributed by atoms with E-state index in [1.54, 1.807) is 0 Å². The molecule has 0 bridgehead atoms. The molecule has 2 N–H and O–H groups in total. The van der Waals surface area contributed by atoms with Gasteiger partial charge in [0, 0.05) is 24.8 Å². The van der Waals surface area contributed by atoms with Crippen molar-refractivity contribution in [1.82, 2.24) is 15.5 Å². The molecule has 2 rings (SSSR count). The van der Waals surface area contributed by atoms with Crippen molar-refractivity contribution in [3.63, 3.8) is 0 Å². The second-order valence-corrected chi connectivity index (χ2v) is 5.90. The molecule has 0 spiro atoms. The van der Waals surface area contributed by atoms with Crippen molar-refractivity contribution in [2.24, 2.45) is 9.98 Å². The zero-order valence-corrected chi connectivity index (χ0v) is 15.4. The summed E-state index contributed by atoms with van der Waals surface area (Å²) in [4.78, 5) is 19.7. The van der Waals surface area contributed by atoms with Gasteiger partial charge < -0.3 is 10.1 Å². The zero-order valence-electron chi connectivity index (χ0n) is 15.4. The predicted octanol–water partition coefficient (Wildman–Crippen LogP) is 3.48. The first-order chi connectivity index (χ1) is 13.3. The van der Waals surface area contributed by atoms with E-state index in [0.29, 0.717) is 0 Å². The summed E-state index contributed by atoms with van der Waals surface area (Å²) in [7, 11) is 1.50. The zero-order chi connectivity index (χ0) is 20.7. The normalized spacial score (nSPS) is 13.2. The molecule has 0 fully saturated rings. The fourth-order valence-corrected chi connectivity index (χ4v) is 2.54. The smallest absolute Gasteiger partial charge is 0.382 e. The maximum absolute atomic E-state index is 12.8. The van der Waals surface area contributed by atoms with Crippen LogP contribution in [0.15, 0.2) is 40.3 Å². The number of carbonyl (C=O) groups excluding carboxylic acids is 1. The molecule has 10 heteroatoms. The van der Waals surface area contributed by atoms with E-state index in [0.717, 1.165) is 5.56 Å². The SMILES string of the molecule is C=NC(Cc1[nH]nc(C(F)(F)F)c1C)=NC(=O)NC(COC)c1ccccc1. The summed E-state index contributed by atoms with van der Waals surface area (Å²) in [5.41, 5.74) is -0.117. The Labute approximate surface area is 159 Å². The molecule has 0 saturated heterocycles. The predicted molar refractivity (Wildman–Crippen MR) is 98.6 cm³/mol. The summed E-state index contributed by atoms with van der Waals surface area (Å²) < 4.78 is 43.7. The van der Waals surface area contributed by atoms with Crippen LogP contribution >= 0.6 is 0 Å². The minimum Gasteiger partial charge on any atom is -0.382 e. The molecule has 150 valence electrons. The monoisotopic (exact) mass is 395 g/mol. The number of nitrogens with one attached hydrogen (secondary N) is 2. The number of carbonyl (C=O) groups is 1. The van der Waals surface area contributed by atoms with Crippen LogP contribution in [0.5, 0.6) is 0 Å². The lowest BCUT2D eigenvalue weighted by Gasteiger charge is -2.17. The highest BCUT2D eigenvalue weighted by Crippen LogP contribution is 2.31. The number of rotatable bonds is 6. The molecular formula is C18H20F3N5O2. The van der Waals surface area contributed by atoms with Crippen molar-refractivity contribution in [2.45, 2.75) is 25.6 Å². The van der Waals surface area contributed by atoms with Crippen LogP contribution in [0, 0.1) is 6.92 Å². The van der Waals surface area contributed by atoms with E-state index >= 15 is 0 Å². The van der Waals surface area contributed by atoms with Gasteiger partial charge in [-0.05, 0) is 19.2 Å². The average molecular weight is 395 g/mol. The molecule has 0 saturated carbocycles. The van der Waals surface area contributed by atoms with Crippen LogP contribution < -0.4 is 5.32 Å². The number of benzene rings is 1. The highest BCUT2D eigenvalue weighted by Gasteiger charge is 2.36. The highest BCUT2D eigenvalue weighted by molar-refractivity contribution is 5.97. The molecular weight excluding hydrogens is 375 g/mol. The summed E-state index contributed by atoms with van der Waals surface area (Å²) in [6.07, 6.45) is -4.72. The standard InChI is InChI=1S/C18H20F3N5O2/c1-11-13(25-26-16(11)18(19,20)21)9-15(22-2)24-17(27)23-14(10-28-3)12-7-5-4-6-8-12/h4-8,14H,2,9-10H2,1,3H3,(H,23,27)(H,25,26). The maximum atomic E-state index is 12.8. The van der Waals surface area contributed by atoms with E-state index in [-0.39, 0.29) is 30.1 Å². The number of alkyl halides is 3. The van der Waals surface area contributed by atoms with Gasteiger partial charge in [0.2, 0.25) is 0 Å². The van der Waals surface area contributed by atoms with Crippen molar-refractivity contribution in [3.05, 3.63) is 52.8 Å². The van der Waals surface area contributed by atoms with Gasteiger partial charge in [0.25, 0.3) is 0 Å². The molecule has 1 aromatic heterocycles. The first kappa shape index (κ1) is 21.3. The van der Waals surface area contributed by atoms with Crippen LogP contribution in [0.1, 0.15) is 28.6 Å². The lowest BCUT2D eigenvalue weighted by Crippen LogP contribution is -2.29. The molecule has 0 radical (unpaired) electrons. The minimum absolute atomic E-state index is 0.0396. The Bertz CT molecular complexity index is 847. The van der Waals surface area contributed by atoms with E-state index in [1.807, 2.05) is 30.3 Å². The number of nitrogens with zero attached hydrogens (tertiary/aromatic N) is 3. The molecule has 0 aliphatic rings. The number of halogens is 3. The fraction of sp³-hybridized carbons (Fsp3) is 0.333. The van der Waals surface area contributed by atoms with Crippen molar-refractivity contribution < 1.29 is 22.7 Å². The topological polar surface area (TPSA) is 91.7 Å². The summed E-state index contributed by atoms with van der Waals surface area (Å²) in [6, 6.07) is 7.99. The van der Waals surface area contributed by atoms with Crippen molar-refractivity contribution in [3.8, 4) is 0 Å². The Balaban J connectivity index is 2.14. The molecule has 7 nitrogen and oxygen atoms in total. The molecule has 1 atom stereocenters. The highest BCUT2D eigenvalue weighted by atomic mass is 19.4. The Kier molecular flexibility index (Phi) is 7.05. The quantitative estimate of drug-likeness (QED) is 0.579. The van der Waals surface area contributed by atoms with Gasteiger partial charge in [0.05, 0.1) is 12.6 Å². The Morgan fingerprint density at radius 3 is 2.57 bits per heavy atom. The number of ether oxygens (including phenoxy) is 1. The van der Waals surface area contributed by atoms with Crippen LogP contribution in [0.2, 0.25) is 0 Å². The Morgan fingerprint density at radius 1 is 1.36 bits per heavy atom. The summed E-state index contributed by atoms with van der Waals surface area (Å²) in [5.74, 6) is -0.0396. The van der Waals surface area contributed by atoms with E-state index in [9.17, 15) is 18.0 Å². The number of aliphatic imine (C=N–C) groups is 2. The van der Waals surface area contributed by atoms with Gasteiger partial charge in [-0.1, -0.05) is 30.3 Å². The second kappa shape index (κ2) is 9.27. The summed E-state index contributed by atoms with van der Waals surface area (Å²) >= 11 is 0. The van der Waals surface area contributed by atoms with Gasteiger partial charge in [-0.25, -0.2) is 9.79 Å². The van der Waals surface area contributed by atoms with Gasteiger partial charge in [-0.15, -0.1) is 0 Å². The van der Waals surface area contributed by atoms with Crippen LogP contribution in [-0.4, -0.2) is 42.5 Å². The number of aromatic amines is 1. The number of hydrogen-bond acceptors (Lipinski definition) is 3. The van der Waals surface area contributed by atoms with Crippen LogP contribution in [0.4, 0.5) is 18.0 Å². The van der Waals surface area contributed by atoms with Crippen molar-refractivity contribution in [2.75, 3.05) is 13.7 Å². The van der Waals surface area contributed by atoms with E-state index < -0.39 is 23.9 Å². The lowest BCUT2D eigenvalue weighted by atomic mass is 10.1. The third-order valence-electron chi connectivity index (χ3n) is 3.96. The number of H-pyrrole nitrogens is 1. The number of methoxy groups -OCH3 is 1. The number of urea groups is 1. The number of aromatic nitrogens is 2. The maximum Gasteiger partial charge on any atom is 0.435 e. The first-order valence-corrected chi connectivity index (χ1v) is 8.26. The number of amides is 2. The van der Waals surface area contributed by atoms with Crippen LogP contribution in [-0.2, 0) is 17.3 Å². The minimum atomic E-state index is -4.57. The molecule has 0 aliphatic heterocycles. The van der Waals surface area contributed by atoms with E-state index in [2.05, 4.69) is 32.2 Å². The molecule has 2 aromatic rings. The van der Waals surface area contributed by atoms with Crippen molar-refractivity contribution >= 4 is 18.6 Å². The molecule has 2 amide bonds. The van der Waals surface area contributed by atoms with Crippen molar-refractivity contribution in [1.29, 1.82) is 0 Å². The molecule has 1 heterocycles. The Hall–Kier alpha value is -3.01. The number of amidine groups is 1. The van der Waals surface area contributed by atoms with Gasteiger partial charge in [0.15, 0.2) is 5.69 Å².